The van der Waals surface area contributed by atoms with Crippen molar-refractivity contribution in [3.05, 3.63) is 24.2 Å². The number of Topliss-reactive ketones (excluding diaryl/α,β-unsaturated/α-hetero) is 1. The van der Waals surface area contributed by atoms with Crippen molar-refractivity contribution in [2.75, 3.05) is 13.1 Å². The Morgan fingerprint density at radius 3 is 2.75 bits per heavy atom. The quantitative estimate of drug-likeness (QED) is 0.208. The van der Waals surface area contributed by atoms with E-state index < -0.39 is 12.0 Å². The summed E-state index contributed by atoms with van der Waals surface area (Å²) in [7, 11) is 0. The second-order valence-electron chi connectivity index (χ2n) is 4.12. The molecule has 8 heteroatoms. The summed E-state index contributed by atoms with van der Waals surface area (Å²) in [4.78, 5) is 26.5. The Morgan fingerprint density at radius 1 is 1.45 bits per heavy atom. The normalized spacial score (nSPS) is 11.8. The maximum Gasteiger partial charge on any atom is 0.320 e. The Morgan fingerprint density at radius 2 is 2.20 bits per heavy atom. The SMILES string of the molecule is NC(N)=NCCCC(NCC(=O)c1ccco1)C(=O)O. The van der Waals surface area contributed by atoms with Gasteiger partial charge in [-0.2, -0.15) is 0 Å². The van der Waals surface area contributed by atoms with Crippen LogP contribution >= 0.6 is 0 Å². The number of nitrogens with zero attached hydrogens (tertiary/aromatic N) is 1. The van der Waals surface area contributed by atoms with Crippen molar-refractivity contribution in [3.63, 3.8) is 0 Å². The Hall–Kier alpha value is -2.35. The van der Waals surface area contributed by atoms with Crippen LogP contribution in [0.2, 0.25) is 0 Å². The third-order valence-electron chi connectivity index (χ3n) is 2.55. The minimum atomic E-state index is -1.03. The van der Waals surface area contributed by atoms with Crippen LogP contribution in [0, 0.1) is 0 Å². The number of carboxylic acid groups (broad SMARTS) is 1. The van der Waals surface area contributed by atoms with Gasteiger partial charge in [-0.15, -0.1) is 0 Å². The van der Waals surface area contributed by atoms with Crippen LogP contribution in [0.25, 0.3) is 0 Å². The van der Waals surface area contributed by atoms with Gasteiger partial charge >= 0.3 is 5.97 Å². The van der Waals surface area contributed by atoms with Gasteiger partial charge in [-0.1, -0.05) is 0 Å². The van der Waals surface area contributed by atoms with Crippen molar-refractivity contribution in [3.8, 4) is 0 Å². The van der Waals surface area contributed by atoms with Crippen LogP contribution in [0.4, 0.5) is 0 Å². The molecule has 6 N–H and O–H groups in total. The van der Waals surface area contributed by atoms with Gasteiger partial charge in [0.05, 0.1) is 12.8 Å². The molecule has 0 aromatic carbocycles. The molecule has 0 aliphatic carbocycles. The number of carboxylic acids is 1. The average Bonchev–Trinajstić information content (AvgIpc) is 2.90. The second kappa shape index (κ2) is 7.95. The number of ketones is 1. The van der Waals surface area contributed by atoms with E-state index >= 15 is 0 Å². The zero-order valence-corrected chi connectivity index (χ0v) is 10.9. The lowest BCUT2D eigenvalue weighted by Gasteiger charge is -2.12. The van der Waals surface area contributed by atoms with Gasteiger partial charge in [0, 0.05) is 6.54 Å². The van der Waals surface area contributed by atoms with Crippen molar-refractivity contribution in [2.45, 2.75) is 18.9 Å². The number of carbonyl (C=O) groups excluding carboxylic acids is 1. The first-order chi connectivity index (χ1) is 9.50. The van der Waals surface area contributed by atoms with Crippen molar-refractivity contribution < 1.29 is 19.1 Å². The number of nitrogens with two attached hydrogens (primary N) is 2. The van der Waals surface area contributed by atoms with E-state index in [4.69, 9.17) is 21.0 Å². The van der Waals surface area contributed by atoms with Crippen LogP contribution in [0.5, 0.6) is 0 Å². The Kier molecular flexibility index (Phi) is 6.24. The largest absolute Gasteiger partial charge is 0.480 e. The fourth-order valence-corrected chi connectivity index (χ4v) is 1.56. The number of hydrogen-bond acceptors (Lipinski definition) is 5. The lowest BCUT2D eigenvalue weighted by molar-refractivity contribution is -0.139. The highest BCUT2D eigenvalue weighted by molar-refractivity contribution is 5.95. The highest BCUT2D eigenvalue weighted by Gasteiger charge is 2.18. The van der Waals surface area contributed by atoms with Crippen LogP contribution in [0.15, 0.2) is 27.8 Å². The number of aliphatic carboxylic acids is 1. The van der Waals surface area contributed by atoms with E-state index in [1.807, 2.05) is 0 Å². The van der Waals surface area contributed by atoms with Gasteiger partial charge in [0.2, 0.25) is 5.78 Å². The number of rotatable bonds is 9. The predicted molar refractivity (Wildman–Crippen MR) is 72.4 cm³/mol. The zero-order chi connectivity index (χ0) is 15.0. The maximum atomic E-state index is 11.6. The molecule has 0 saturated carbocycles. The molecular weight excluding hydrogens is 264 g/mol. The van der Waals surface area contributed by atoms with E-state index in [2.05, 4.69) is 10.3 Å². The number of aliphatic imine (C=N–C) groups is 1. The van der Waals surface area contributed by atoms with Gasteiger partial charge in [0.15, 0.2) is 11.7 Å². The number of hydrogen-bond donors (Lipinski definition) is 4. The summed E-state index contributed by atoms with van der Waals surface area (Å²) in [5.41, 5.74) is 10.3. The molecule has 8 nitrogen and oxygen atoms in total. The molecule has 1 unspecified atom stereocenters. The second-order valence-corrected chi connectivity index (χ2v) is 4.12. The van der Waals surface area contributed by atoms with E-state index in [0.717, 1.165) is 0 Å². The smallest absolute Gasteiger partial charge is 0.320 e. The zero-order valence-electron chi connectivity index (χ0n) is 10.9. The number of guanidine groups is 1. The van der Waals surface area contributed by atoms with Gasteiger partial charge in [0.25, 0.3) is 0 Å². The maximum absolute atomic E-state index is 11.6. The van der Waals surface area contributed by atoms with Crippen LogP contribution < -0.4 is 16.8 Å². The van der Waals surface area contributed by atoms with E-state index in [1.54, 1.807) is 6.07 Å². The Labute approximate surface area is 115 Å². The highest BCUT2D eigenvalue weighted by Crippen LogP contribution is 2.02. The molecule has 1 aromatic heterocycles. The lowest BCUT2D eigenvalue weighted by Crippen LogP contribution is -2.39. The molecule has 0 amide bonds. The number of furan rings is 1. The lowest BCUT2D eigenvalue weighted by atomic mass is 10.1. The topological polar surface area (TPSA) is 144 Å². The Bertz CT molecular complexity index is 466. The van der Waals surface area contributed by atoms with E-state index in [1.165, 1.54) is 12.3 Å². The molecule has 110 valence electrons. The van der Waals surface area contributed by atoms with Crippen molar-refractivity contribution in [2.24, 2.45) is 16.5 Å². The summed E-state index contributed by atoms with van der Waals surface area (Å²) < 4.78 is 4.93. The van der Waals surface area contributed by atoms with Crippen molar-refractivity contribution in [1.82, 2.24) is 5.32 Å². The monoisotopic (exact) mass is 282 g/mol. The molecule has 0 saturated heterocycles. The van der Waals surface area contributed by atoms with Gasteiger partial charge in [-0.05, 0) is 25.0 Å². The average molecular weight is 282 g/mol. The molecule has 0 aliphatic heterocycles. The number of carbonyl (C=O) groups is 2. The van der Waals surface area contributed by atoms with Gasteiger partial charge in [-0.3, -0.25) is 19.9 Å². The Balaban J connectivity index is 2.37. The molecule has 1 aromatic rings. The third-order valence-corrected chi connectivity index (χ3v) is 2.55. The first-order valence-corrected chi connectivity index (χ1v) is 6.09. The van der Waals surface area contributed by atoms with E-state index in [-0.39, 0.29) is 24.0 Å². The van der Waals surface area contributed by atoms with Crippen LogP contribution in [-0.4, -0.2) is 41.9 Å². The molecule has 1 rings (SSSR count). The summed E-state index contributed by atoms with van der Waals surface area (Å²) in [6, 6.07) is 2.29. The van der Waals surface area contributed by atoms with E-state index in [0.29, 0.717) is 19.4 Å². The summed E-state index contributed by atoms with van der Waals surface area (Å²) in [5, 5.41) is 11.7. The van der Waals surface area contributed by atoms with Crippen LogP contribution in [-0.2, 0) is 4.79 Å². The van der Waals surface area contributed by atoms with Gasteiger partial charge < -0.3 is 21.0 Å². The summed E-state index contributed by atoms with van der Waals surface area (Å²) in [5.74, 6) is -1.16. The predicted octanol–water partition coefficient (Wildman–Crippen LogP) is -0.441. The molecule has 20 heavy (non-hydrogen) atoms. The molecule has 0 aliphatic rings. The van der Waals surface area contributed by atoms with Crippen LogP contribution in [0.3, 0.4) is 0 Å². The van der Waals surface area contributed by atoms with Crippen molar-refractivity contribution >= 4 is 17.7 Å². The van der Waals surface area contributed by atoms with E-state index in [9.17, 15) is 9.59 Å². The molecular formula is C12H18N4O4. The number of nitrogens with one attached hydrogen (secondary N) is 1. The molecule has 0 radical (unpaired) electrons. The molecule has 0 fully saturated rings. The minimum absolute atomic E-state index is 0.0298. The van der Waals surface area contributed by atoms with Gasteiger partial charge in [-0.25, -0.2) is 0 Å². The van der Waals surface area contributed by atoms with Crippen molar-refractivity contribution in [1.29, 1.82) is 0 Å². The molecule has 0 spiro atoms. The summed E-state index contributed by atoms with van der Waals surface area (Å²) in [6.45, 7) is 0.243. The third kappa shape index (κ3) is 5.53. The summed E-state index contributed by atoms with van der Waals surface area (Å²) >= 11 is 0. The standard InChI is InChI=1S/C12H18N4O4/c13-12(14)15-5-1-3-8(11(18)19)16-7-9(17)10-4-2-6-20-10/h2,4,6,8,16H,1,3,5,7H2,(H,18,19)(H4,13,14,15). The first kappa shape index (κ1) is 15.7. The van der Waals surface area contributed by atoms with Crippen LogP contribution in [0.1, 0.15) is 23.4 Å². The molecule has 0 bridgehead atoms. The first-order valence-electron chi connectivity index (χ1n) is 6.09. The highest BCUT2D eigenvalue weighted by atomic mass is 16.4. The van der Waals surface area contributed by atoms with Gasteiger partial charge in [0.1, 0.15) is 6.04 Å². The minimum Gasteiger partial charge on any atom is -0.480 e. The fraction of sp³-hybridized carbons (Fsp3) is 0.417. The fourth-order valence-electron chi connectivity index (χ4n) is 1.56. The molecule has 1 atom stereocenters. The summed E-state index contributed by atoms with van der Waals surface area (Å²) in [6.07, 6.45) is 2.20. The molecule has 1 heterocycles.